The fourth-order valence-corrected chi connectivity index (χ4v) is 7.97. The van der Waals surface area contributed by atoms with Gasteiger partial charge in [-0.25, -0.2) is 4.79 Å². The quantitative estimate of drug-likeness (QED) is 0.360. The molecule has 10 atom stereocenters. The molecule has 5 fully saturated rings. The number of aliphatic hydroxyl groups excluding tert-OH is 1. The van der Waals surface area contributed by atoms with Gasteiger partial charge in [-0.1, -0.05) is 51.1 Å². The first-order valence-corrected chi connectivity index (χ1v) is 13.3. The summed E-state index contributed by atoms with van der Waals surface area (Å²) in [6, 6.07) is 9.42. The maximum atomic E-state index is 13.8. The fraction of sp³-hybridized carbons (Fsp3) is 0.655. The summed E-state index contributed by atoms with van der Waals surface area (Å²) in [7, 11) is 0. The molecule has 0 unspecified atom stereocenters. The third-order valence-corrected chi connectivity index (χ3v) is 10.4. The maximum Gasteiger partial charge on any atom is 0.331 e. The van der Waals surface area contributed by atoms with Gasteiger partial charge in [-0.2, -0.15) is 0 Å². The van der Waals surface area contributed by atoms with Gasteiger partial charge < -0.3 is 29.2 Å². The summed E-state index contributed by atoms with van der Waals surface area (Å²) >= 11 is 0. The first kappa shape index (κ1) is 25.2. The Labute approximate surface area is 216 Å². The number of rotatable bonds is 4. The molecule has 0 radical (unpaired) electrons. The number of Topliss-reactive ketones (excluding diaryl/α,β-unsaturated/α-hetero) is 1. The minimum Gasteiger partial charge on any atom is -0.456 e. The molecule has 3 saturated heterocycles. The van der Waals surface area contributed by atoms with E-state index >= 15 is 0 Å². The van der Waals surface area contributed by atoms with Crippen LogP contribution in [0.3, 0.4) is 0 Å². The van der Waals surface area contributed by atoms with Gasteiger partial charge in [-0.15, -0.1) is 0 Å². The first-order valence-electron chi connectivity index (χ1n) is 13.3. The monoisotopic (exact) mass is 512 g/mol. The number of epoxide rings is 1. The summed E-state index contributed by atoms with van der Waals surface area (Å²) in [6.07, 6.45) is 1.44. The van der Waals surface area contributed by atoms with Gasteiger partial charge in [-0.05, 0) is 24.0 Å². The SMILES string of the molecule is C[C@@H]1[C@@H](O)[C@H](OC(=O)/C=C\c2ccccc2)[C@]2(C)[C@H](C(=O)CC[C@]23CO3)[C@@]1(C)[C@@H]1C[C@]2(O)CCO[C@H]2O1. The average molecular weight is 513 g/mol. The Morgan fingerprint density at radius 2 is 1.92 bits per heavy atom. The Hall–Kier alpha value is -2.10. The summed E-state index contributed by atoms with van der Waals surface area (Å²) < 4.78 is 24.0. The number of fused-ring (bicyclic) bond motifs is 3. The predicted octanol–water partition coefficient (Wildman–Crippen LogP) is 2.65. The van der Waals surface area contributed by atoms with Crippen LogP contribution in [0.15, 0.2) is 36.4 Å². The number of hydrogen-bond donors (Lipinski definition) is 2. The Bertz CT molecular complexity index is 1110. The van der Waals surface area contributed by atoms with Crippen LogP contribution in [0.25, 0.3) is 6.08 Å². The lowest BCUT2D eigenvalue weighted by Gasteiger charge is -2.63. The molecule has 8 nitrogen and oxygen atoms in total. The van der Waals surface area contributed by atoms with Gasteiger partial charge in [-0.3, -0.25) is 4.79 Å². The molecule has 8 heteroatoms. The van der Waals surface area contributed by atoms with Gasteiger partial charge >= 0.3 is 5.97 Å². The summed E-state index contributed by atoms with van der Waals surface area (Å²) in [6.45, 7) is 6.66. The van der Waals surface area contributed by atoms with E-state index in [-0.39, 0.29) is 5.78 Å². The largest absolute Gasteiger partial charge is 0.456 e. The van der Waals surface area contributed by atoms with Gasteiger partial charge in [0.2, 0.25) is 0 Å². The molecule has 200 valence electrons. The van der Waals surface area contributed by atoms with Crippen LogP contribution in [0.2, 0.25) is 0 Å². The number of ether oxygens (including phenoxy) is 4. The second kappa shape index (κ2) is 8.45. The molecule has 0 aromatic heterocycles. The lowest BCUT2D eigenvalue weighted by atomic mass is 9.41. The first-order chi connectivity index (χ1) is 17.5. The zero-order chi connectivity index (χ0) is 26.2. The van der Waals surface area contributed by atoms with E-state index in [1.807, 2.05) is 51.1 Å². The van der Waals surface area contributed by atoms with E-state index in [0.717, 1.165) is 5.56 Å². The fourth-order valence-electron chi connectivity index (χ4n) is 7.97. The highest BCUT2D eigenvalue weighted by atomic mass is 16.7. The number of aliphatic hydroxyl groups is 2. The highest BCUT2D eigenvalue weighted by Crippen LogP contribution is 2.69. The van der Waals surface area contributed by atoms with Crippen molar-refractivity contribution in [3.63, 3.8) is 0 Å². The van der Waals surface area contributed by atoms with Crippen molar-refractivity contribution < 1.29 is 38.7 Å². The van der Waals surface area contributed by atoms with Crippen LogP contribution in [-0.4, -0.2) is 71.0 Å². The average Bonchev–Trinajstić information content (AvgIpc) is 3.48. The van der Waals surface area contributed by atoms with E-state index < -0.39 is 64.4 Å². The van der Waals surface area contributed by atoms with Crippen LogP contribution in [0, 0.1) is 22.7 Å². The maximum absolute atomic E-state index is 13.8. The minimum absolute atomic E-state index is 0.0549. The topological polar surface area (TPSA) is 115 Å². The molecular weight excluding hydrogens is 476 g/mol. The Morgan fingerprint density at radius 1 is 1.19 bits per heavy atom. The van der Waals surface area contributed by atoms with Gasteiger partial charge in [0.1, 0.15) is 23.1 Å². The van der Waals surface area contributed by atoms with Crippen LogP contribution in [0.5, 0.6) is 0 Å². The van der Waals surface area contributed by atoms with Crippen molar-refractivity contribution in [1.29, 1.82) is 0 Å². The normalized spacial score (nSPS) is 48.7. The second-order valence-corrected chi connectivity index (χ2v) is 12.1. The molecule has 3 heterocycles. The van der Waals surface area contributed by atoms with Gasteiger partial charge in [0, 0.05) is 42.1 Å². The Kier molecular flexibility index (Phi) is 5.75. The second-order valence-electron chi connectivity index (χ2n) is 12.1. The molecule has 2 saturated carbocycles. The van der Waals surface area contributed by atoms with E-state index in [0.29, 0.717) is 38.9 Å². The van der Waals surface area contributed by atoms with Crippen molar-refractivity contribution in [2.24, 2.45) is 22.7 Å². The van der Waals surface area contributed by atoms with Crippen molar-refractivity contribution in [3.05, 3.63) is 42.0 Å². The van der Waals surface area contributed by atoms with Crippen LogP contribution >= 0.6 is 0 Å². The van der Waals surface area contributed by atoms with E-state index in [4.69, 9.17) is 18.9 Å². The number of carbonyl (C=O) groups excluding carboxylic acids is 2. The molecule has 1 aromatic carbocycles. The third kappa shape index (κ3) is 3.53. The Morgan fingerprint density at radius 3 is 2.59 bits per heavy atom. The van der Waals surface area contributed by atoms with Crippen LogP contribution < -0.4 is 0 Å². The lowest BCUT2D eigenvalue weighted by molar-refractivity contribution is -0.263. The number of ketones is 1. The van der Waals surface area contributed by atoms with Crippen LogP contribution in [0.4, 0.5) is 0 Å². The minimum atomic E-state index is -1.11. The van der Waals surface area contributed by atoms with Crippen molar-refractivity contribution >= 4 is 17.8 Å². The molecule has 3 aliphatic heterocycles. The van der Waals surface area contributed by atoms with Crippen LogP contribution in [-0.2, 0) is 28.5 Å². The zero-order valence-electron chi connectivity index (χ0n) is 21.6. The molecule has 37 heavy (non-hydrogen) atoms. The molecule has 0 bridgehead atoms. The number of carbonyl (C=O) groups is 2. The van der Waals surface area contributed by atoms with E-state index in [2.05, 4.69) is 0 Å². The molecule has 2 N–H and O–H groups in total. The molecule has 1 spiro atoms. The summed E-state index contributed by atoms with van der Waals surface area (Å²) in [5, 5.41) is 22.9. The van der Waals surface area contributed by atoms with Crippen molar-refractivity contribution in [2.75, 3.05) is 13.2 Å². The zero-order valence-corrected chi connectivity index (χ0v) is 21.6. The summed E-state index contributed by atoms with van der Waals surface area (Å²) in [4.78, 5) is 26.8. The number of esters is 1. The molecule has 2 aliphatic carbocycles. The van der Waals surface area contributed by atoms with E-state index in [1.165, 1.54) is 6.08 Å². The van der Waals surface area contributed by atoms with Crippen molar-refractivity contribution in [2.45, 2.75) is 82.3 Å². The number of hydrogen-bond acceptors (Lipinski definition) is 8. The number of benzene rings is 1. The highest BCUT2D eigenvalue weighted by molar-refractivity contribution is 5.88. The summed E-state index contributed by atoms with van der Waals surface area (Å²) in [5.74, 6) is -1.59. The summed E-state index contributed by atoms with van der Waals surface area (Å²) in [5.41, 5.74) is -2.72. The molecular formula is C29H36O8. The smallest absolute Gasteiger partial charge is 0.331 e. The van der Waals surface area contributed by atoms with Gasteiger partial charge in [0.15, 0.2) is 6.29 Å². The Balaban J connectivity index is 1.36. The van der Waals surface area contributed by atoms with Crippen molar-refractivity contribution in [1.82, 2.24) is 0 Å². The van der Waals surface area contributed by atoms with Crippen molar-refractivity contribution in [3.8, 4) is 0 Å². The third-order valence-electron chi connectivity index (χ3n) is 10.4. The molecule has 5 aliphatic rings. The standard InChI is InChI=1S/C29H36O8/c1-17-22(32)24(37-21(31)10-9-18-7-5-4-6-8-18)27(3)23(19(30)11-12-29(27)16-35-29)26(17,2)20-15-28(33)13-14-34-25(28)36-20/h4-10,17,20,22-25,32-33H,11-16H2,1-3H3/b10-9-/t17-,20+,22-,23-,24+,25+,26-,27+,28-,29+/m1/s1. The van der Waals surface area contributed by atoms with E-state index in [9.17, 15) is 19.8 Å². The van der Waals surface area contributed by atoms with E-state index in [1.54, 1.807) is 6.08 Å². The van der Waals surface area contributed by atoms with Crippen LogP contribution in [0.1, 0.15) is 52.0 Å². The molecule has 1 aromatic rings. The van der Waals surface area contributed by atoms with Gasteiger partial charge in [0.05, 0.1) is 25.4 Å². The van der Waals surface area contributed by atoms with Gasteiger partial charge in [0.25, 0.3) is 0 Å². The molecule has 0 amide bonds. The molecule has 6 rings (SSSR count). The highest BCUT2D eigenvalue weighted by Gasteiger charge is 2.78. The lowest BCUT2D eigenvalue weighted by Crippen LogP contribution is -2.73. The predicted molar refractivity (Wildman–Crippen MR) is 132 cm³/mol.